The standard InChI is InChI=1S/C11H13FN2O4/c1-18-9(5-13)10(15)14-8-3-2-6(12)4-7(8)11(16)17/h2-4,9H,5,13H2,1H3,(H,14,15)(H,16,17). The highest BCUT2D eigenvalue weighted by Crippen LogP contribution is 2.17. The van der Waals surface area contributed by atoms with Crippen LogP contribution >= 0.6 is 0 Å². The summed E-state index contributed by atoms with van der Waals surface area (Å²) in [5.74, 6) is -2.63. The van der Waals surface area contributed by atoms with E-state index in [2.05, 4.69) is 5.32 Å². The van der Waals surface area contributed by atoms with Gasteiger partial charge in [0.1, 0.15) is 11.9 Å². The van der Waals surface area contributed by atoms with Gasteiger partial charge in [0.15, 0.2) is 0 Å². The second-order valence-corrected chi connectivity index (χ2v) is 3.44. The van der Waals surface area contributed by atoms with E-state index in [0.29, 0.717) is 0 Å². The lowest BCUT2D eigenvalue weighted by Gasteiger charge is -2.14. The highest BCUT2D eigenvalue weighted by atomic mass is 19.1. The third-order valence-corrected chi connectivity index (χ3v) is 2.26. The molecule has 1 aromatic carbocycles. The van der Waals surface area contributed by atoms with E-state index in [9.17, 15) is 14.0 Å². The summed E-state index contributed by atoms with van der Waals surface area (Å²) in [4.78, 5) is 22.5. The SMILES string of the molecule is COC(CN)C(=O)Nc1ccc(F)cc1C(=O)O. The number of benzene rings is 1. The van der Waals surface area contributed by atoms with Gasteiger partial charge in [0.2, 0.25) is 0 Å². The first kappa shape index (κ1) is 14.1. The smallest absolute Gasteiger partial charge is 0.337 e. The van der Waals surface area contributed by atoms with Crippen LogP contribution in [0.1, 0.15) is 10.4 Å². The first-order valence-electron chi connectivity index (χ1n) is 5.06. The van der Waals surface area contributed by atoms with Gasteiger partial charge in [-0.3, -0.25) is 4.79 Å². The van der Waals surface area contributed by atoms with Gasteiger partial charge in [-0.05, 0) is 18.2 Å². The van der Waals surface area contributed by atoms with Crippen LogP contribution in [0, 0.1) is 5.82 Å². The maximum absolute atomic E-state index is 12.9. The minimum absolute atomic E-state index is 0.00981. The van der Waals surface area contributed by atoms with Crippen LogP contribution in [0.3, 0.4) is 0 Å². The number of amides is 1. The van der Waals surface area contributed by atoms with E-state index in [-0.39, 0.29) is 17.8 Å². The molecule has 1 rings (SSSR count). The van der Waals surface area contributed by atoms with Crippen molar-refractivity contribution < 1.29 is 23.8 Å². The van der Waals surface area contributed by atoms with Gasteiger partial charge in [-0.15, -0.1) is 0 Å². The number of carboxylic acid groups (broad SMARTS) is 1. The lowest BCUT2D eigenvalue weighted by molar-refractivity contribution is -0.125. The highest BCUT2D eigenvalue weighted by Gasteiger charge is 2.19. The Morgan fingerprint density at radius 3 is 2.72 bits per heavy atom. The van der Waals surface area contributed by atoms with Gasteiger partial charge < -0.3 is 20.9 Å². The van der Waals surface area contributed by atoms with E-state index in [1.807, 2.05) is 0 Å². The number of carbonyl (C=O) groups excluding carboxylic acids is 1. The van der Waals surface area contributed by atoms with Crippen molar-refractivity contribution in [3.05, 3.63) is 29.6 Å². The monoisotopic (exact) mass is 256 g/mol. The average molecular weight is 256 g/mol. The molecular formula is C11H13FN2O4. The molecule has 0 aliphatic carbocycles. The van der Waals surface area contributed by atoms with Crippen molar-refractivity contribution >= 4 is 17.6 Å². The molecule has 0 heterocycles. The predicted octanol–water partition coefficient (Wildman–Crippen LogP) is 0.436. The van der Waals surface area contributed by atoms with Crippen molar-refractivity contribution in [2.75, 3.05) is 19.0 Å². The Bertz CT molecular complexity index is 460. The van der Waals surface area contributed by atoms with Crippen molar-refractivity contribution in [2.24, 2.45) is 5.73 Å². The van der Waals surface area contributed by atoms with Crippen molar-refractivity contribution in [1.82, 2.24) is 0 Å². The molecule has 98 valence electrons. The molecule has 7 heteroatoms. The van der Waals surface area contributed by atoms with E-state index >= 15 is 0 Å². The van der Waals surface area contributed by atoms with Gasteiger partial charge >= 0.3 is 5.97 Å². The molecule has 1 amide bonds. The third kappa shape index (κ3) is 3.25. The number of rotatable bonds is 5. The Hall–Kier alpha value is -1.99. The van der Waals surface area contributed by atoms with Crippen LogP contribution in [0.25, 0.3) is 0 Å². The van der Waals surface area contributed by atoms with Gasteiger partial charge in [-0.1, -0.05) is 0 Å². The van der Waals surface area contributed by atoms with Gasteiger partial charge in [0.05, 0.1) is 11.3 Å². The molecule has 0 spiro atoms. The maximum Gasteiger partial charge on any atom is 0.337 e. The number of aromatic carboxylic acids is 1. The molecular weight excluding hydrogens is 243 g/mol. The summed E-state index contributed by atoms with van der Waals surface area (Å²) in [6.45, 7) is -0.0497. The molecule has 1 atom stereocenters. The molecule has 0 bridgehead atoms. The van der Waals surface area contributed by atoms with Gasteiger partial charge in [-0.2, -0.15) is 0 Å². The second-order valence-electron chi connectivity index (χ2n) is 3.44. The summed E-state index contributed by atoms with van der Waals surface area (Å²) >= 11 is 0. The minimum atomic E-state index is -1.34. The zero-order valence-electron chi connectivity index (χ0n) is 9.64. The normalized spacial score (nSPS) is 11.9. The maximum atomic E-state index is 12.9. The zero-order valence-corrected chi connectivity index (χ0v) is 9.64. The number of nitrogens with two attached hydrogens (primary N) is 1. The third-order valence-electron chi connectivity index (χ3n) is 2.26. The van der Waals surface area contributed by atoms with Crippen molar-refractivity contribution in [1.29, 1.82) is 0 Å². The van der Waals surface area contributed by atoms with E-state index < -0.39 is 23.8 Å². The molecule has 0 aromatic heterocycles. The molecule has 4 N–H and O–H groups in total. The summed E-state index contributed by atoms with van der Waals surface area (Å²) in [7, 11) is 1.31. The number of methoxy groups -OCH3 is 1. The highest BCUT2D eigenvalue weighted by molar-refractivity contribution is 6.01. The number of halogens is 1. The topological polar surface area (TPSA) is 102 Å². The number of anilines is 1. The van der Waals surface area contributed by atoms with Gasteiger partial charge in [0.25, 0.3) is 5.91 Å². The predicted molar refractivity (Wildman–Crippen MR) is 61.8 cm³/mol. The number of nitrogens with one attached hydrogen (secondary N) is 1. The molecule has 0 saturated carbocycles. The van der Waals surface area contributed by atoms with Gasteiger partial charge in [-0.25, -0.2) is 9.18 Å². The Morgan fingerprint density at radius 1 is 1.56 bits per heavy atom. The summed E-state index contributed by atoms with van der Waals surface area (Å²) in [6, 6.07) is 3.04. The fourth-order valence-electron chi connectivity index (χ4n) is 1.33. The fourth-order valence-corrected chi connectivity index (χ4v) is 1.33. The Balaban J connectivity index is 2.97. The Labute approximate surface area is 103 Å². The number of carboxylic acids is 1. The molecule has 0 aliphatic heterocycles. The van der Waals surface area contributed by atoms with Crippen LogP contribution in [0.5, 0.6) is 0 Å². The van der Waals surface area contributed by atoms with Gasteiger partial charge in [0, 0.05) is 13.7 Å². The molecule has 0 fully saturated rings. The fraction of sp³-hybridized carbons (Fsp3) is 0.273. The lowest BCUT2D eigenvalue weighted by Crippen LogP contribution is -2.36. The van der Waals surface area contributed by atoms with Crippen LogP contribution in [-0.2, 0) is 9.53 Å². The number of hydrogen-bond acceptors (Lipinski definition) is 4. The van der Waals surface area contributed by atoms with E-state index in [4.69, 9.17) is 15.6 Å². The number of hydrogen-bond donors (Lipinski definition) is 3. The number of ether oxygens (including phenoxy) is 1. The molecule has 0 radical (unpaired) electrons. The molecule has 1 aromatic rings. The van der Waals surface area contributed by atoms with Crippen molar-refractivity contribution in [2.45, 2.75) is 6.10 Å². The largest absolute Gasteiger partial charge is 0.478 e. The van der Waals surface area contributed by atoms with Crippen molar-refractivity contribution in [3.8, 4) is 0 Å². The van der Waals surface area contributed by atoms with Crippen LogP contribution in [-0.4, -0.2) is 36.7 Å². The van der Waals surface area contributed by atoms with Crippen LogP contribution < -0.4 is 11.1 Å². The van der Waals surface area contributed by atoms with Crippen LogP contribution in [0.4, 0.5) is 10.1 Å². The van der Waals surface area contributed by atoms with E-state index in [1.54, 1.807) is 0 Å². The quantitative estimate of drug-likeness (QED) is 0.709. The molecule has 0 aliphatic rings. The first-order valence-corrected chi connectivity index (χ1v) is 5.06. The van der Waals surface area contributed by atoms with Crippen molar-refractivity contribution in [3.63, 3.8) is 0 Å². The lowest BCUT2D eigenvalue weighted by atomic mass is 10.1. The average Bonchev–Trinajstić information content (AvgIpc) is 2.32. The minimum Gasteiger partial charge on any atom is -0.478 e. The number of carbonyl (C=O) groups is 2. The zero-order chi connectivity index (χ0) is 13.7. The van der Waals surface area contributed by atoms with E-state index in [0.717, 1.165) is 12.1 Å². The summed E-state index contributed by atoms with van der Waals surface area (Å²) in [6.07, 6.45) is -0.892. The summed E-state index contributed by atoms with van der Waals surface area (Å²) in [5, 5.41) is 11.2. The Morgan fingerprint density at radius 2 is 2.22 bits per heavy atom. The summed E-state index contributed by atoms with van der Waals surface area (Å²) in [5.41, 5.74) is 4.95. The van der Waals surface area contributed by atoms with Crippen LogP contribution in [0.2, 0.25) is 0 Å². The Kier molecular flexibility index (Phi) is 4.75. The second kappa shape index (κ2) is 6.08. The first-order chi connectivity index (χ1) is 8.49. The van der Waals surface area contributed by atoms with Crippen LogP contribution in [0.15, 0.2) is 18.2 Å². The molecule has 0 saturated heterocycles. The molecule has 1 unspecified atom stereocenters. The molecule has 6 nitrogen and oxygen atoms in total. The molecule has 18 heavy (non-hydrogen) atoms. The summed E-state index contributed by atoms with van der Waals surface area (Å²) < 4.78 is 17.7. The van der Waals surface area contributed by atoms with E-state index in [1.165, 1.54) is 13.2 Å².